The van der Waals surface area contributed by atoms with Crippen LogP contribution >= 0.6 is 11.8 Å². The van der Waals surface area contributed by atoms with Gasteiger partial charge in [0.25, 0.3) is 0 Å². The van der Waals surface area contributed by atoms with Gasteiger partial charge in [-0.2, -0.15) is 5.26 Å². The van der Waals surface area contributed by atoms with Gasteiger partial charge >= 0.3 is 0 Å². The fourth-order valence-corrected chi connectivity index (χ4v) is 1.75. The predicted octanol–water partition coefficient (Wildman–Crippen LogP) is 0.888. The maximum Gasteiger partial charge on any atom is 0.192 e. The third-order valence-corrected chi connectivity index (χ3v) is 2.78. The molecule has 2 heterocycles. The van der Waals surface area contributed by atoms with Crippen molar-refractivity contribution in [3.05, 3.63) is 18.6 Å². The van der Waals surface area contributed by atoms with E-state index in [1.54, 1.807) is 23.2 Å². The maximum atomic E-state index is 8.49. The predicted molar refractivity (Wildman–Crippen MR) is 58.4 cm³/mol. The topological polar surface area (TPSA) is 80.3 Å². The highest BCUT2D eigenvalue weighted by molar-refractivity contribution is 7.99. The van der Waals surface area contributed by atoms with Crippen LogP contribution in [0.3, 0.4) is 0 Å². The van der Waals surface area contributed by atoms with E-state index in [1.807, 2.05) is 13.1 Å². The van der Waals surface area contributed by atoms with Gasteiger partial charge in [0.05, 0.1) is 18.0 Å². The zero-order valence-corrected chi connectivity index (χ0v) is 9.35. The number of thioether (sulfide) groups is 1. The Morgan fingerprint density at radius 1 is 1.44 bits per heavy atom. The van der Waals surface area contributed by atoms with Gasteiger partial charge in [-0.3, -0.25) is 4.98 Å². The molecule has 0 spiro atoms. The Morgan fingerprint density at radius 3 is 3.00 bits per heavy atom. The van der Waals surface area contributed by atoms with Crippen molar-refractivity contribution in [1.29, 1.82) is 5.26 Å². The van der Waals surface area contributed by atoms with E-state index in [9.17, 15) is 0 Å². The maximum absolute atomic E-state index is 8.49. The number of nitrogens with zero attached hydrogens (tertiary/aromatic N) is 6. The first kappa shape index (κ1) is 10.6. The van der Waals surface area contributed by atoms with E-state index in [1.165, 1.54) is 11.8 Å². The summed E-state index contributed by atoms with van der Waals surface area (Å²) in [6.45, 7) is 0. The average molecular weight is 232 g/mol. The SMILES string of the molecule is Cn1c(SCC#N)nnc1-c1cnccn1. The van der Waals surface area contributed by atoms with Crippen molar-refractivity contribution in [2.75, 3.05) is 5.75 Å². The molecule has 2 aromatic heterocycles. The van der Waals surface area contributed by atoms with Crippen LogP contribution in [0.1, 0.15) is 0 Å². The summed E-state index contributed by atoms with van der Waals surface area (Å²) in [5, 5.41) is 17.2. The number of hydrogen-bond donors (Lipinski definition) is 0. The van der Waals surface area contributed by atoms with Crippen molar-refractivity contribution >= 4 is 11.8 Å². The Bertz CT molecular complexity index is 515. The van der Waals surface area contributed by atoms with Crippen molar-refractivity contribution in [2.24, 2.45) is 7.05 Å². The number of rotatable bonds is 3. The summed E-state index contributed by atoms with van der Waals surface area (Å²) in [5.41, 5.74) is 0.668. The highest BCUT2D eigenvalue weighted by Crippen LogP contribution is 2.19. The van der Waals surface area contributed by atoms with Gasteiger partial charge in [0.2, 0.25) is 0 Å². The van der Waals surface area contributed by atoms with Crippen molar-refractivity contribution < 1.29 is 0 Å². The molecule has 6 nitrogen and oxygen atoms in total. The smallest absolute Gasteiger partial charge is 0.192 e. The number of hydrogen-bond acceptors (Lipinski definition) is 6. The standard InChI is InChI=1S/C9H8N6S/c1-15-8(7-6-11-3-4-12-7)13-14-9(15)16-5-2-10/h3-4,6H,5H2,1H3. The fourth-order valence-electron chi connectivity index (χ4n) is 1.18. The molecule has 0 unspecified atom stereocenters. The third-order valence-electron chi connectivity index (χ3n) is 1.89. The highest BCUT2D eigenvalue weighted by Gasteiger charge is 2.11. The molecule has 0 aromatic carbocycles. The molecule has 80 valence electrons. The molecule has 0 saturated heterocycles. The molecule has 0 fully saturated rings. The van der Waals surface area contributed by atoms with Gasteiger partial charge in [-0.1, -0.05) is 11.8 Å². The van der Waals surface area contributed by atoms with Crippen LogP contribution in [-0.2, 0) is 7.05 Å². The molecule has 0 N–H and O–H groups in total. The molecule has 0 atom stereocenters. The van der Waals surface area contributed by atoms with Crippen LogP contribution in [0.2, 0.25) is 0 Å². The summed E-state index contributed by atoms with van der Waals surface area (Å²) in [5.74, 6) is 1.00. The number of aromatic nitrogens is 5. The molecule has 2 rings (SSSR count). The lowest BCUT2D eigenvalue weighted by Crippen LogP contribution is -1.96. The van der Waals surface area contributed by atoms with Gasteiger partial charge in [-0.05, 0) is 0 Å². The lowest BCUT2D eigenvalue weighted by atomic mass is 10.4. The zero-order chi connectivity index (χ0) is 11.4. The molecule has 0 aliphatic rings. The van der Waals surface area contributed by atoms with E-state index in [2.05, 4.69) is 20.2 Å². The minimum absolute atomic E-state index is 0.354. The second kappa shape index (κ2) is 4.72. The fraction of sp³-hybridized carbons (Fsp3) is 0.222. The molecule has 0 aliphatic carbocycles. The summed E-state index contributed by atoms with van der Waals surface area (Å²) in [6.07, 6.45) is 4.83. The van der Waals surface area contributed by atoms with Crippen LogP contribution in [-0.4, -0.2) is 30.5 Å². The van der Waals surface area contributed by atoms with E-state index in [-0.39, 0.29) is 0 Å². The molecule has 2 aromatic rings. The van der Waals surface area contributed by atoms with E-state index in [0.717, 1.165) is 0 Å². The molecular weight excluding hydrogens is 224 g/mol. The molecule has 0 bridgehead atoms. The second-order valence-electron chi connectivity index (χ2n) is 2.90. The second-order valence-corrected chi connectivity index (χ2v) is 3.85. The Hall–Kier alpha value is -1.94. The molecule has 16 heavy (non-hydrogen) atoms. The van der Waals surface area contributed by atoms with Crippen molar-refractivity contribution in [3.8, 4) is 17.6 Å². The quantitative estimate of drug-likeness (QED) is 0.731. The molecule has 0 radical (unpaired) electrons. The van der Waals surface area contributed by atoms with E-state index in [0.29, 0.717) is 22.4 Å². The van der Waals surface area contributed by atoms with Gasteiger partial charge in [0.1, 0.15) is 5.69 Å². The Balaban J connectivity index is 2.31. The van der Waals surface area contributed by atoms with Crippen LogP contribution in [0.5, 0.6) is 0 Å². The van der Waals surface area contributed by atoms with E-state index in [4.69, 9.17) is 5.26 Å². The minimum atomic E-state index is 0.354. The van der Waals surface area contributed by atoms with Gasteiger partial charge in [-0.15, -0.1) is 10.2 Å². The largest absolute Gasteiger partial charge is 0.304 e. The van der Waals surface area contributed by atoms with E-state index < -0.39 is 0 Å². The normalized spacial score (nSPS) is 10.0. The van der Waals surface area contributed by atoms with Gasteiger partial charge < -0.3 is 4.57 Å². The Kier molecular flexibility index (Phi) is 3.12. The van der Waals surface area contributed by atoms with Crippen molar-refractivity contribution in [3.63, 3.8) is 0 Å². The Morgan fingerprint density at radius 2 is 2.31 bits per heavy atom. The van der Waals surface area contributed by atoms with Crippen molar-refractivity contribution in [1.82, 2.24) is 24.7 Å². The monoisotopic (exact) mass is 232 g/mol. The van der Waals surface area contributed by atoms with Crippen molar-refractivity contribution in [2.45, 2.75) is 5.16 Å². The lowest BCUT2D eigenvalue weighted by molar-refractivity contribution is 0.792. The van der Waals surface area contributed by atoms with Gasteiger partial charge in [0.15, 0.2) is 11.0 Å². The lowest BCUT2D eigenvalue weighted by Gasteiger charge is -2.00. The summed E-state index contributed by atoms with van der Waals surface area (Å²) >= 11 is 1.34. The van der Waals surface area contributed by atoms with E-state index >= 15 is 0 Å². The summed E-state index contributed by atoms with van der Waals surface area (Å²) < 4.78 is 1.80. The third kappa shape index (κ3) is 2.01. The Labute approximate surface area is 96.4 Å². The number of nitriles is 1. The molecular formula is C9H8N6S. The zero-order valence-electron chi connectivity index (χ0n) is 8.53. The summed E-state index contributed by atoms with van der Waals surface area (Å²) in [4.78, 5) is 8.11. The van der Waals surface area contributed by atoms with Gasteiger partial charge in [0, 0.05) is 19.4 Å². The van der Waals surface area contributed by atoms with Crippen LogP contribution < -0.4 is 0 Å². The molecule has 7 heteroatoms. The van der Waals surface area contributed by atoms with Gasteiger partial charge in [-0.25, -0.2) is 4.98 Å². The molecule has 0 aliphatic heterocycles. The first-order valence-electron chi connectivity index (χ1n) is 4.48. The summed E-state index contributed by atoms with van der Waals surface area (Å²) in [6, 6.07) is 2.05. The average Bonchev–Trinajstić information content (AvgIpc) is 2.69. The van der Waals surface area contributed by atoms with Crippen LogP contribution in [0.25, 0.3) is 11.5 Å². The summed E-state index contributed by atoms with van der Waals surface area (Å²) in [7, 11) is 1.84. The van der Waals surface area contributed by atoms with Crippen LogP contribution in [0.15, 0.2) is 23.7 Å². The van der Waals surface area contributed by atoms with Crippen LogP contribution in [0, 0.1) is 11.3 Å². The first-order valence-corrected chi connectivity index (χ1v) is 5.47. The first-order chi connectivity index (χ1) is 7.83. The minimum Gasteiger partial charge on any atom is -0.304 e. The highest BCUT2D eigenvalue weighted by atomic mass is 32.2. The molecule has 0 amide bonds. The van der Waals surface area contributed by atoms with Crippen LogP contribution in [0.4, 0.5) is 0 Å². The molecule has 0 saturated carbocycles.